The van der Waals surface area contributed by atoms with Gasteiger partial charge in [-0.3, -0.25) is 0 Å². The molecule has 17 heavy (non-hydrogen) atoms. The van der Waals surface area contributed by atoms with Crippen LogP contribution in [0, 0.1) is 5.41 Å². The van der Waals surface area contributed by atoms with Crippen LogP contribution in [0.1, 0.15) is 67.2 Å². The van der Waals surface area contributed by atoms with Crippen molar-refractivity contribution in [2.45, 2.75) is 78.4 Å². The first-order valence-corrected chi connectivity index (χ1v) is 7.01. The minimum Gasteiger partial charge on any atom is -0.376 e. The Bertz CT molecular complexity index is 230. The minimum atomic E-state index is 0.00237. The normalized spacial score (nSPS) is 20.1. The van der Waals surface area contributed by atoms with Gasteiger partial charge >= 0.3 is 0 Å². The van der Waals surface area contributed by atoms with Crippen LogP contribution in [0.25, 0.3) is 0 Å². The summed E-state index contributed by atoms with van der Waals surface area (Å²) in [5.74, 6) is 0. The molecule has 0 aromatic carbocycles. The molecule has 0 unspecified atom stereocenters. The van der Waals surface area contributed by atoms with Gasteiger partial charge in [0.2, 0.25) is 0 Å². The molecule has 1 saturated carbocycles. The van der Waals surface area contributed by atoms with E-state index < -0.39 is 0 Å². The topological polar surface area (TPSA) is 21.3 Å². The Morgan fingerprint density at radius 1 is 1.06 bits per heavy atom. The van der Waals surface area contributed by atoms with E-state index in [2.05, 4.69) is 46.9 Å². The van der Waals surface area contributed by atoms with Crippen LogP contribution in [0.3, 0.4) is 0 Å². The third-order valence-electron chi connectivity index (χ3n) is 3.58. The van der Waals surface area contributed by atoms with E-state index in [0.717, 1.165) is 13.2 Å². The number of ether oxygens (including phenoxy) is 1. The molecule has 1 aliphatic carbocycles. The molecule has 0 radical (unpaired) electrons. The SMILES string of the molecule is CC(C)(C)NCC1(CCOC(C)(C)C)CCC1. The molecule has 0 aromatic heterocycles. The Labute approximate surface area is 108 Å². The summed E-state index contributed by atoms with van der Waals surface area (Å²) in [6.07, 6.45) is 5.32. The summed E-state index contributed by atoms with van der Waals surface area (Å²) >= 11 is 0. The Morgan fingerprint density at radius 3 is 2.00 bits per heavy atom. The van der Waals surface area contributed by atoms with Gasteiger partial charge in [-0.05, 0) is 66.2 Å². The summed E-state index contributed by atoms with van der Waals surface area (Å²) in [7, 11) is 0. The first-order chi connectivity index (χ1) is 7.62. The number of hydrogen-bond acceptors (Lipinski definition) is 2. The molecule has 102 valence electrons. The van der Waals surface area contributed by atoms with Crippen molar-refractivity contribution in [3.8, 4) is 0 Å². The second-order valence-electron chi connectivity index (χ2n) is 7.67. The van der Waals surface area contributed by atoms with Gasteiger partial charge in [-0.2, -0.15) is 0 Å². The highest BCUT2D eigenvalue weighted by molar-refractivity contribution is 4.91. The number of hydrogen-bond donors (Lipinski definition) is 1. The van der Waals surface area contributed by atoms with Crippen molar-refractivity contribution in [1.29, 1.82) is 0 Å². The fourth-order valence-corrected chi connectivity index (χ4v) is 2.22. The van der Waals surface area contributed by atoms with Crippen LogP contribution in [0.5, 0.6) is 0 Å². The zero-order valence-electron chi connectivity index (χ0n) is 12.7. The predicted molar refractivity (Wildman–Crippen MR) is 74.4 cm³/mol. The highest BCUT2D eigenvalue weighted by atomic mass is 16.5. The Morgan fingerprint density at radius 2 is 1.65 bits per heavy atom. The maximum absolute atomic E-state index is 5.86. The van der Waals surface area contributed by atoms with Gasteiger partial charge in [0, 0.05) is 18.7 Å². The highest BCUT2D eigenvalue weighted by Crippen LogP contribution is 2.43. The molecule has 2 nitrogen and oxygen atoms in total. The average Bonchev–Trinajstić information content (AvgIpc) is 2.04. The molecule has 1 aliphatic rings. The van der Waals surface area contributed by atoms with E-state index in [1.807, 2.05) is 0 Å². The third-order valence-corrected chi connectivity index (χ3v) is 3.58. The smallest absolute Gasteiger partial charge is 0.0598 e. The Hall–Kier alpha value is -0.0800. The standard InChI is InChI=1S/C15H31NO/c1-13(2,3)16-12-15(8-7-9-15)10-11-17-14(4,5)6/h16H,7-12H2,1-6H3. The van der Waals surface area contributed by atoms with Crippen molar-refractivity contribution in [2.24, 2.45) is 5.41 Å². The van der Waals surface area contributed by atoms with Crippen LogP contribution in [-0.2, 0) is 4.74 Å². The molecule has 0 bridgehead atoms. The third kappa shape index (κ3) is 5.87. The summed E-state index contributed by atoms with van der Waals surface area (Å²) in [6, 6.07) is 0. The van der Waals surface area contributed by atoms with Crippen molar-refractivity contribution < 1.29 is 4.74 Å². The zero-order chi connectivity index (χ0) is 13.2. The highest BCUT2D eigenvalue weighted by Gasteiger charge is 2.37. The lowest BCUT2D eigenvalue weighted by Crippen LogP contribution is -2.47. The molecular formula is C15H31NO. The molecule has 1 rings (SSSR count). The van der Waals surface area contributed by atoms with E-state index in [9.17, 15) is 0 Å². The second kappa shape index (κ2) is 5.27. The van der Waals surface area contributed by atoms with Crippen molar-refractivity contribution in [2.75, 3.05) is 13.2 Å². The van der Waals surface area contributed by atoms with Crippen molar-refractivity contribution in [3.63, 3.8) is 0 Å². The van der Waals surface area contributed by atoms with Crippen LogP contribution in [0.4, 0.5) is 0 Å². The molecule has 0 atom stereocenters. The molecule has 0 amide bonds. The summed E-state index contributed by atoms with van der Waals surface area (Å²) in [6.45, 7) is 15.2. The van der Waals surface area contributed by atoms with Gasteiger partial charge in [-0.15, -0.1) is 0 Å². The van der Waals surface area contributed by atoms with Gasteiger partial charge in [0.1, 0.15) is 0 Å². The summed E-state index contributed by atoms with van der Waals surface area (Å²) in [5, 5.41) is 3.66. The summed E-state index contributed by atoms with van der Waals surface area (Å²) < 4.78 is 5.86. The molecule has 1 N–H and O–H groups in total. The zero-order valence-corrected chi connectivity index (χ0v) is 12.7. The molecule has 2 heteroatoms. The number of rotatable bonds is 5. The first kappa shape index (κ1) is 15.0. The van der Waals surface area contributed by atoms with Gasteiger partial charge in [0.25, 0.3) is 0 Å². The lowest BCUT2D eigenvalue weighted by atomic mass is 9.66. The van der Waals surface area contributed by atoms with Crippen LogP contribution in [-0.4, -0.2) is 24.3 Å². The fourth-order valence-electron chi connectivity index (χ4n) is 2.22. The van der Waals surface area contributed by atoms with Gasteiger partial charge in [0.15, 0.2) is 0 Å². The van der Waals surface area contributed by atoms with Crippen molar-refractivity contribution >= 4 is 0 Å². The van der Waals surface area contributed by atoms with Crippen molar-refractivity contribution in [3.05, 3.63) is 0 Å². The largest absolute Gasteiger partial charge is 0.376 e. The second-order valence-corrected chi connectivity index (χ2v) is 7.67. The lowest BCUT2D eigenvalue weighted by Gasteiger charge is -2.44. The van der Waals surface area contributed by atoms with Crippen molar-refractivity contribution in [1.82, 2.24) is 5.32 Å². The summed E-state index contributed by atoms with van der Waals surface area (Å²) in [5.41, 5.74) is 0.744. The molecule has 1 fully saturated rings. The van der Waals surface area contributed by atoms with Crippen LogP contribution in [0.15, 0.2) is 0 Å². The Kier molecular flexibility index (Phi) is 4.65. The van der Waals surface area contributed by atoms with E-state index in [4.69, 9.17) is 4.74 Å². The monoisotopic (exact) mass is 241 g/mol. The molecule has 0 saturated heterocycles. The van der Waals surface area contributed by atoms with Crippen LogP contribution < -0.4 is 5.32 Å². The first-order valence-electron chi connectivity index (χ1n) is 7.01. The molecule has 0 spiro atoms. The maximum Gasteiger partial charge on any atom is 0.0598 e. The van der Waals surface area contributed by atoms with Gasteiger partial charge in [-0.25, -0.2) is 0 Å². The van der Waals surface area contributed by atoms with E-state index in [0.29, 0.717) is 5.41 Å². The van der Waals surface area contributed by atoms with Gasteiger partial charge in [-0.1, -0.05) is 6.42 Å². The van der Waals surface area contributed by atoms with E-state index in [-0.39, 0.29) is 11.1 Å². The van der Waals surface area contributed by atoms with E-state index in [1.165, 1.54) is 25.7 Å². The predicted octanol–water partition coefficient (Wildman–Crippen LogP) is 3.75. The minimum absolute atomic E-state index is 0.00237. The number of nitrogens with one attached hydrogen (secondary N) is 1. The molecule has 0 aromatic rings. The van der Waals surface area contributed by atoms with Gasteiger partial charge < -0.3 is 10.1 Å². The van der Waals surface area contributed by atoms with Gasteiger partial charge in [0.05, 0.1) is 5.60 Å². The lowest BCUT2D eigenvalue weighted by molar-refractivity contribution is -0.0321. The fraction of sp³-hybridized carbons (Fsp3) is 1.00. The summed E-state index contributed by atoms with van der Waals surface area (Å²) in [4.78, 5) is 0. The molecule has 0 aliphatic heterocycles. The Balaban J connectivity index is 2.31. The van der Waals surface area contributed by atoms with Crippen LogP contribution in [0.2, 0.25) is 0 Å². The molecular weight excluding hydrogens is 210 g/mol. The molecule has 0 heterocycles. The van der Waals surface area contributed by atoms with E-state index >= 15 is 0 Å². The quantitative estimate of drug-likeness (QED) is 0.791. The van der Waals surface area contributed by atoms with E-state index in [1.54, 1.807) is 0 Å². The maximum atomic E-state index is 5.86. The van der Waals surface area contributed by atoms with Crippen LogP contribution >= 0.6 is 0 Å². The average molecular weight is 241 g/mol.